The van der Waals surface area contributed by atoms with Crippen LogP contribution in [0.5, 0.6) is 5.75 Å². The van der Waals surface area contributed by atoms with Gasteiger partial charge in [0, 0.05) is 11.8 Å². The number of nitrogen functional groups attached to an aromatic ring is 1. The third-order valence-electron chi connectivity index (χ3n) is 2.00. The van der Waals surface area contributed by atoms with Gasteiger partial charge in [-0.15, -0.1) is 0 Å². The molecule has 0 spiro atoms. The minimum Gasteiger partial charge on any atom is -0.490 e. The molecular weight excluding hydrogens is 182 g/mol. The zero-order chi connectivity index (χ0) is 10.1. The van der Waals surface area contributed by atoms with E-state index in [4.69, 9.17) is 15.6 Å². The van der Waals surface area contributed by atoms with Crippen LogP contribution in [0.3, 0.4) is 0 Å². The average molecular weight is 193 g/mol. The monoisotopic (exact) mass is 193 g/mol. The van der Waals surface area contributed by atoms with Crippen molar-refractivity contribution in [1.29, 1.82) is 0 Å². The number of benzene rings is 1. The number of carboxylic acids is 1. The smallest absolute Gasteiger partial charge is 0.335 e. The predicted octanol–water partition coefficient (Wildman–Crippen LogP) is 1.51. The molecule has 2 rings (SSSR count). The van der Waals surface area contributed by atoms with Gasteiger partial charge in [-0.05, 0) is 25.0 Å². The summed E-state index contributed by atoms with van der Waals surface area (Å²) in [4.78, 5) is 10.7. The van der Waals surface area contributed by atoms with Gasteiger partial charge in [-0.1, -0.05) is 0 Å². The van der Waals surface area contributed by atoms with Crippen LogP contribution in [0.15, 0.2) is 18.2 Å². The Balaban J connectivity index is 2.25. The minimum atomic E-state index is -0.988. The van der Waals surface area contributed by atoms with Crippen LogP contribution < -0.4 is 10.5 Å². The zero-order valence-electron chi connectivity index (χ0n) is 7.56. The first-order valence-electron chi connectivity index (χ1n) is 4.45. The Morgan fingerprint density at radius 1 is 1.43 bits per heavy atom. The Labute approximate surface area is 81.3 Å². The number of anilines is 1. The Morgan fingerprint density at radius 2 is 2.14 bits per heavy atom. The largest absolute Gasteiger partial charge is 0.490 e. The summed E-state index contributed by atoms with van der Waals surface area (Å²) < 4.78 is 5.45. The maximum absolute atomic E-state index is 10.7. The number of rotatable bonds is 3. The summed E-state index contributed by atoms with van der Waals surface area (Å²) in [7, 11) is 0. The number of hydrogen-bond donors (Lipinski definition) is 2. The van der Waals surface area contributed by atoms with Gasteiger partial charge in [-0.2, -0.15) is 0 Å². The molecule has 0 bridgehead atoms. The van der Waals surface area contributed by atoms with E-state index in [0.717, 1.165) is 12.8 Å². The van der Waals surface area contributed by atoms with Crippen LogP contribution in [0.4, 0.5) is 5.69 Å². The first-order chi connectivity index (χ1) is 6.65. The fourth-order valence-corrected chi connectivity index (χ4v) is 1.19. The maximum Gasteiger partial charge on any atom is 0.335 e. The quantitative estimate of drug-likeness (QED) is 0.713. The fraction of sp³-hybridized carbons (Fsp3) is 0.300. The lowest BCUT2D eigenvalue weighted by atomic mass is 10.2. The normalized spacial score (nSPS) is 15.1. The molecule has 74 valence electrons. The van der Waals surface area contributed by atoms with Gasteiger partial charge < -0.3 is 15.6 Å². The Bertz CT molecular complexity index is 372. The Kier molecular flexibility index (Phi) is 2.04. The molecule has 0 aromatic heterocycles. The van der Waals surface area contributed by atoms with Gasteiger partial charge in [0.25, 0.3) is 0 Å². The molecule has 14 heavy (non-hydrogen) atoms. The molecule has 4 heteroatoms. The van der Waals surface area contributed by atoms with E-state index in [1.807, 2.05) is 0 Å². The maximum atomic E-state index is 10.7. The molecule has 1 aliphatic carbocycles. The molecule has 0 atom stereocenters. The number of carbonyl (C=O) groups is 1. The van der Waals surface area contributed by atoms with Crippen molar-refractivity contribution in [1.82, 2.24) is 0 Å². The highest BCUT2D eigenvalue weighted by molar-refractivity contribution is 5.89. The number of nitrogens with two attached hydrogens (primary N) is 1. The molecule has 0 saturated heterocycles. The topological polar surface area (TPSA) is 72.5 Å². The van der Waals surface area contributed by atoms with Crippen molar-refractivity contribution in [3.8, 4) is 5.75 Å². The van der Waals surface area contributed by atoms with Crippen molar-refractivity contribution in [2.24, 2.45) is 0 Å². The van der Waals surface area contributed by atoms with Gasteiger partial charge in [0.15, 0.2) is 0 Å². The van der Waals surface area contributed by atoms with Crippen molar-refractivity contribution in [3.05, 3.63) is 23.8 Å². The van der Waals surface area contributed by atoms with Crippen LogP contribution in [-0.2, 0) is 0 Å². The van der Waals surface area contributed by atoms with E-state index in [2.05, 4.69) is 0 Å². The third-order valence-corrected chi connectivity index (χ3v) is 2.00. The first kappa shape index (κ1) is 8.87. The average Bonchev–Trinajstić information content (AvgIpc) is 2.87. The second-order valence-electron chi connectivity index (χ2n) is 3.41. The molecule has 4 nitrogen and oxygen atoms in total. The Hall–Kier alpha value is -1.71. The summed E-state index contributed by atoms with van der Waals surface area (Å²) in [5.41, 5.74) is 6.13. The van der Waals surface area contributed by atoms with Crippen LogP contribution in [0, 0.1) is 0 Å². The molecule has 0 unspecified atom stereocenters. The van der Waals surface area contributed by atoms with Gasteiger partial charge in [0.05, 0.1) is 11.7 Å². The van der Waals surface area contributed by atoms with Crippen molar-refractivity contribution in [2.75, 3.05) is 5.73 Å². The summed E-state index contributed by atoms with van der Waals surface area (Å²) in [5.74, 6) is -0.442. The van der Waals surface area contributed by atoms with E-state index >= 15 is 0 Å². The fourth-order valence-electron chi connectivity index (χ4n) is 1.19. The molecule has 0 amide bonds. The standard InChI is InChI=1S/C10H11NO3/c11-7-3-6(10(12)13)4-9(5-7)14-8-1-2-8/h3-5,8H,1-2,11H2,(H,12,13). The van der Waals surface area contributed by atoms with Crippen LogP contribution in [0.1, 0.15) is 23.2 Å². The molecule has 1 aromatic carbocycles. The van der Waals surface area contributed by atoms with E-state index in [1.54, 1.807) is 6.07 Å². The number of hydrogen-bond acceptors (Lipinski definition) is 3. The van der Waals surface area contributed by atoms with Crippen LogP contribution in [0.2, 0.25) is 0 Å². The van der Waals surface area contributed by atoms with Gasteiger partial charge >= 0.3 is 5.97 Å². The third kappa shape index (κ3) is 1.96. The molecule has 1 aliphatic rings. The van der Waals surface area contributed by atoms with E-state index in [0.29, 0.717) is 11.4 Å². The molecular formula is C10H11NO3. The summed E-state index contributed by atoms with van der Waals surface area (Å²) >= 11 is 0. The van der Waals surface area contributed by atoms with Gasteiger partial charge in [0.1, 0.15) is 5.75 Å². The van der Waals surface area contributed by atoms with Gasteiger partial charge in [-0.3, -0.25) is 0 Å². The molecule has 1 fully saturated rings. The summed E-state index contributed by atoms with van der Waals surface area (Å²) in [6.07, 6.45) is 2.33. The molecule has 1 saturated carbocycles. The highest BCUT2D eigenvalue weighted by atomic mass is 16.5. The van der Waals surface area contributed by atoms with Crippen LogP contribution >= 0.6 is 0 Å². The lowest BCUT2D eigenvalue weighted by Gasteiger charge is -2.06. The van der Waals surface area contributed by atoms with Gasteiger partial charge in [-0.25, -0.2) is 4.79 Å². The summed E-state index contributed by atoms with van der Waals surface area (Å²) in [5, 5.41) is 8.77. The van der Waals surface area contributed by atoms with E-state index in [9.17, 15) is 4.79 Å². The zero-order valence-corrected chi connectivity index (χ0v) is 7.56. The molecule has 3 N–H and O–H groups in total. The van der Waals surface area contributed by atoms with Crippen LogP contribution in [-0.4, -0.2) is 17.2 Å². The highest BCUT2D eigenvalue weighted by Crippen LogP contribution is 2.28. The second-order valence-corrected chi connectivity index (χ2v) is 3.41. The van der Waals surface area contributed by atoms with Crippen molar-refractivity contribution in [2.45, 2.75) is 18.9 Å². The number of ether oxygens (including phenoxy) is 1. The lowest BCUT2D eigenvalue weighted by Crippen LogP contribution is -2.02. The molecule has 1 aromatic rings. The second kappa shape index (κ2) is 3.21. The molecule has 0 aliphatic heterocycles. The SMILES string of the molecule is Nc1cc(OC2CC2)cc(C(=O)O)c1. The van der Waals surface area contributed by atoms with E-state index < -0.39 is 5.97 Å². The highest BCUT2D eigenvalue weighted by Gasteiger charge is 2.23. The number of carboxylic acid groups (broad SMARTS) is 1. The molecule has 0 radical (unpaired) electrons. The molecule has 0 heterocycles. The Morgan fingerprint density at radius 3 is 2.71 bits per heavy atom. The van der Waals surface area contributed by atoms with Crippen LogP contribution in [0.25, 0.3) is 0 Å². The minimum absolute atomic E-state index is 0.167. The summed E-state index contributed by atoms with van der Waals surface area (Å²) in [6, 6.07) is 4.56. The predicted molar refractivity (Wildman–Crippen MR) is 51.5 cm³/mol. The van der Waals surface area contributed by atoms with Crippen molar-refractivity contribution in [3.63, 3.8) is 0 Å². The summed E-state index contributed by atoms with van der Waals surface area (Å²) in [6.45, 7) is 0. The van der Waals surface area contributed by atoms with Crippen molar-refractivity contribution < 1.29 is 14.6 Å². The first-order valence-corrected chi connectivity index (χ1v) is 4.45. The lowest BCUT2D eigenvalue weighted by molar-refractivity contribution is 0.0696. The van der Waals surface area contributed by atoms with Gasteiger partial charge in [0.2, 0.25) is 0 Å². The van der Waals surface area contributed by atoms with E-state index in [-0.39, 0.29) is 11.7 Å². The van der Waals surface area contributed by atoms with E-state index in [1.165, 1.54) is 12.1 Å². The number of aromatic carboxylic acids is 1. The van der Waals surface area contributed by atoms with Crippen molar-refractivity contribution >= 4 is 11.7 Å².